The van der Waals surface area contributed by atoms with Gasteiger partial charge in [0.1, 0.15) is 5.60 Å². The van der Waals surface area contributed by atoms with Crippen LogP contribution in [0.3, 0.4) is 0 Å². The molecular weight excluding hydrogens is 270 g/mol. The molecule has 1 aromatic carbocycles. The number of nitrogens with one attached hydrogen (secondary N) is 1. The van der Waals surface area contributed by atoms with E-state index in [-0.39, 0.29) is 5.56 Å². The molecule has 1 amide bonds. The van der Waals surface area contributed by atoms with E-state index in [1.165, 1.54) is 0 Å². The van der Waals surface area contributed by atoms with Crippen molar-refractivity contribution < 1.29 is 19.4 Å². The zero-order valence-electron chi connectivity index (χ0n) is 12.8. The molecule has 0 atom stereocenters. The van der Waals surface area contributed by atoms with Crippen LogP contribution in [0.25, 0.3) is 0 Å². The van der Waals surface area contributed by atoms with Crippen LogP contribution in [0.5, 0.6) is 0 Å². The number of rotatable bonds is 3. The molecule has 1 aromatic rings. The van der Waals surface area contributed by atoms with Gasteiger partial charge in [0.05, 0.1) is 11.1 Å². The molecule has 0 saturated heterocycles. The summed E-state index contributed by atoms with van der Waals surface area (Å²) in [6, 6.07) is 5.18. The van der Waals surface area contributed by atoms with Crippen molar-refractivity contribution in [3.63, 3.8) is 0 Å². The van der Waals surface area contributed by atoms with E-state index in [9.17, 15) is 9.59 Å². The number of hydrogen-bond acceptors (Lipinski definition) is 3. The third kappa shape index (κ3) is 3.54. The minimum atomic E-state index is -0.941. The summed E-state index contributed by atoms with van der Waals surface area (Å²) in [7, 11) is 0. The summed E-state index contributed by atoms with van der Waals surface area (Å²) in [5.41, 5.74) is 0.952. The van der Waals surface area contributed by atoms with Crippen molar-refractivity contribution in [3.05, 3.63) is 34.9 Å². The monoisotopic (exact) mass is 291 g/mol. The van der Waals surface area contributed by atoms with Gasteiger partial charge in [0, 0.05) is 0 Å². The Labute approximate surface area is 124 Å². The summed E-state index contributed by atoms with van der Waals surface area (Å²) in [6.07, 6.45) is 1.22. The summed E-state index contributed by atoms with van der Waals surface area (Å²) >= 11 is 0. The molecule has 1 aliphatic carbocycles. The first-order valence-electron chi connectivity index (χ1n) is 6.99. The van der Waals surface area contributed by atoms with Crippen LogP contribution in [-0.4, -0.2) is 22.8 Å². The first kappa shape index (κ1) is 15.4. The molecule has 0 spiro atoms. The predicted octanol–water partition coefficient (Wildman–Crippen LogP) is 3.21. The second-order valence-electron chi connectivity index (χ2n) is 6.54. The third-order valence-corrected chi connectivity index (χ3v) is 3.50. The van der Waals surface area contributed by atoms with E-state index in [2.05, 4.69) is 5.32 Å². The van der Waals surface area contributed by atoms with Gasteiger partial charge in [-0.15, -0.1) is 0 Å². The summed E-state index contributed by atoms with van der Waals surface area (Å²) in [5, 5.41) is 12.0. The Morgan fingerprint density at radius 3 is 2.33 bits per heavy atom. The molecule has 0 bridgehead atoms. The highest BCUT2D eigenvalue weighted by atomic mass is 16.6. The van der Waals surface area contributed by atoms with Crippen molar-refractivity contribution in [3.8, 4) is 0 Å². The van der Waals surface area contributed by atoms with E-state index in [0.717, 1.165) is 18.4 Å². The first-order chi connectivity index (χ1) is 9.63. The van der Waals surface area contributed by atoms with Crippen molar-refractivity contribution >= 4 is 12.1 Å². The maximum atomic E-state index is 11.9. The van der Waals surface area contributed by atoms with Crippen LogP contribution in [0, 0.1) is 6.92 Å². The van der Waals surface area contributed by atoms with E-state index in [1.807, 2.05) is 26.8 Å². The van der Waals surface area contributed by atoms with E-state index in [1.54, 1.807) is 19.1 Å². The van der Waals surface area contributed by atoms with E-state index in [4.69, 9.17) is 9.84 Å². The van der Waals surface area contributed by atoms with E-state index in [0.29, 0.717) is 5.56 Å². The van der Waals surface area contributed by atoms with Crippen molar-refractivity contribution in [1.29, 1.82) is 0 Å². The average Bonchev–Trinajstić information content (AvgIpc) is 3.06. The molecule has 114 valence electrons. The number of carbonyl (C=O) groups is 2. The molecule has 5 nitrogen and oxygen atoms in total. The van der Waals surface area contributed by atoms with Crippen LogP contribution in [0.2, 0.25) is 0 Å². The van der Waals surface area contributed by atoms with Crippen LogP contribution >= 0.6 is 0 Å². The lowest BCUT2D eigenvalue weighted by Crippen LogP contribution is -2.39. The molecule has 0 aromatic heterocycles. The van der Waals surface area contributed by atoms with Gasteiger partial charge in [-0.2, -0.15) is 0 Å². The molecule has 0 radical (unpaired) electrons. The number of alkyl carbamates (subject to hydrolysis) is 1. The fourth-order valence-electron chi connectivity index (χ4n) is 2.31. The standard InChI is InChI=1S/C16H21NO4/c1-10-9-11(5-6-12(10)13(18)19)16(7-8-16)17-14(20)21-15(2,3)4/h5-6,9H,7-8H2,1-4H3,(H,17,20)(H,18,19). The second kappa shape index (κ2) is 5.06. The highest BCUT2D eigenvalue weighted by molar-refractivity contribution is 5.89. The molecule has 0 aliphatic heterocycles. The topological polar surface area (TPSA) is 75.6 Å². The Balaban J connectivity index is 2.16. The summed E-state index contributed by atoms with van der Waals surface area (Å²) in [5.74, 6) is -0.941. The molecule has 1 saturated carbocycles. The number of carboxylic acid groups (broad SMARTS) is 1. The van der Waals surface area contributed by atoms with Gasteiger partial charge in [-0.1, -0.05) is 12.1 Å². The van der Waals surface area contributed by atoms with Gasteiger partial charge >= 0.3 is 12.1 Å². The largest absolute Gasteiger partial charge is 0.478 e. The minimum Gasteiger partial charge on any atom is -0.478 e. The number of carboxylic acids is 1. The molecule has 0 unspecified atom stereocenters. The lowest BCUT2D eigenvalue weighted by atomic mass is 9.99. The second-order valence-corrected chi connectivity index (χ2v) is 6.54. The maximum absolute atomic E-state index is 11.9. The molecule has 2 rings (SSSR count). The normalized spacial score (nSPS) is 16.2. The Hall–Kier alpha value is -2.04. The first-order valence-corrected chi connectivity index (χ1v) is 6.99. The van der Waals surface area contributed by atoms with E-state index >= 15 is 0 Å². The van der Waals surface area contributed by atoms with Crippen LogP contribution in [0.4, 0.5) is 4.79 Å². The molecule has 1 fully saturated rings. The van der Waals surface area contributed by atoms with Crippen molar-refractivity contribution in [1.82, 2.24) is 5.32 Å². The lowest BCUT2D eigenvalue weighted by Gasteiger charge is -2.24. The average molecular weight is 291 g/mol. The number of carbonyl (C=O) groups excluding carboxylic acids is 1. The number of hydrogen-bond donors (Lipinski definition) is 2. The summed E-state index contributed by atoms with van der Waals surface area (Å²) < 4.78 is 5.28. The van der Waals surface area contributed by atoms with E-state index < -0.39 is 23.2 Å². The number of benzene rings is 1. The Bertz CT molecular complexity index is 582. The number of aryl methyl sites for hydroxylation is 1. The quantitative estimate of drug-likeness (QED) is 0.896. The van der Waals surface area contributed by atoms with Crippen LogP contribution in [0.15, 0.2) is 18.2 Å². The number of amides is 1. The van der Waals surface area contributed by atoms with Crippen molar-refractivity contribution in [2.24, 2.45) is 0 Å². The number of aromatic carboxylic acids is 1. The summed E-state index contributed by atoms with van der Waals surface area (Å²) in [6.45, 7) is 7.21. The van der Waals surface area contributed by atoms with Gasteiger partial charge in [0.15, 0.2) is 0 Å². The smallest absolute Gasteiger partial charge is 0.408 e. The van der Waals surface area contributed by atoms with Crippen LogP contribution < -0.4 is 5.32 Å². The highest BCUT2D eigenvalue weighted by Crippen LogP contribution is 2.46. The number of ether oxygens (including phenoxy) is 1. The molecule has 0 heterocycles. The fourth-order valence-corrected chi connectivity index (χ4v) is 2.31. The van der Waals surface area contributed by atoms with Crippen molar-refractivity contribution in [2.45, 2.75) is 51.7 Å². The predicted molar refractivity (Wildman–Crippen MR) is 78.4 cm³/mol. The van der Waals surface area contributed by atoms with Crippen molar-refractivity contribution in [2.75, 3.05) is 0 Å². The van der Waals surface area contributed by atoms with Gasteiger partial charge in [0.2, 0.25) is 0 Å². The minimum absolute atomic E-state index is 0.284. The van der Waals surface area contributed by atoms with Gasteiger partial charge < -0.3 is 15.2 Å². The molecule has 1 aliphatic rings. The van der Waals surface area contributed by atoms with Crippen LogP contribution in [-0.2, 0) is 10.3 Å². The van der Waals surface area contributed by atoms with Gasteiger partial charge in [-0.05, 0) is 57.7 Å². The van der Waals surface area contributed by atoms with Gasteiger partial charge in [-0.3, -0.25) is 0 Å². The fraction of sp³-hybridized carbons (Fsp3) is 0.500. The van der Waals surface area contributed by atoms with Gasteiger partial charge in [0.25, 0.3) is 0 Å². The maximum Gasteiger partial charge on any atom is 0.408 e. The lowest BCUT2D eigenvalue weighted by molar-refractivity contribution is 0.0494. The third-order valence-electron chi connectivity index (χ3n) is 3.50. The highest BCUT2D eigenvalue weighted by Gasteiger charge is 2.46. The summed E-state index contributed by atoms with van der Waals surface area (Å²) in [4.78, 5) is 23.0. The molecule has 21 heavy (non-hydrogen) atoms. The zero-order chi connectivity index (χ0) is 15.8. The molecule has 2 N–H and O–H groups in total. The van der Waals surface area contributed by atoms with Crippen LogP contribution in [0.1, 0.15) is 55.1 Å². The molecular formula is C16H21NO4. The molecule has 5 heteroatoms. The Morgan fingerprint density at radius 1 is 1.29 bits per heavy atom. The Morgan fingerprint density at radius 2 is 1.90 bits per heavy atom. The van der Waals surface area contributed by atoms with Gasteiger partial charge in [-0.25, -0.2) is 9.59 Å². The Kier molecular flexibility index (Phi) is 3.70. The zero-order valence-corrected chi connectivity index (χ0v) is 12.8. The SMILES string of the molecule is Cc1cc(C2(NC(=O)OC(C)(C)C)CC2)ccc1C(=O)O.